The van der Waals surface area contributed by atoms with E-state index in [2.05, 4.69) is 9.97 Å². The lowest BCUT2D eigenvalue weighted by molar-refractivity contribution is 0.0681. The fourth-order valence-electron chi connectivity index (χ4n) is 3.58. The average Bonchev–Trinajstić information content (AvgIpc) is 3.47. The van der Waals surface area contributed by atoms with Crippen molar-refractivity contribution in [3.63, 3.8) is 0 Å². The quantitative estimate of drug-likeness (QED) is 0.483. The van der Waals surface area contributed by atoms with Crippen LogP contribution in [0.5, 0.6) is 11.5 Å². The number of aromatic nitrogens is 3. The van der Waals surface area contributed by atoms with Gasteiger partial charge in [-0.25, -0.2) is 9.97 Å². The third-order valence-corrected chi connectivity index (χ3v) is 5.16. The molecule has 1 fully saturated rings. The number of nitrogens with zero attached hydrogens (tertiary/aromatic N) is 2. The van der Waals surface area contributed by atoms with E-state index in [0.717, 1.165) is 53.2 Å². The van der Waals surface area contributed by atoms with Gasteiger partial charge in [0, 0.05) is 12.8 Å². The predicted octanol–water partition coefficient (Wildman–Crippen LogP) is 4.76. The minimum atomic E-state index is 0.143. The molecule has 30 heavy (non-hydrogen) atoms. The summed E-state index contributed by atoms with van der Waals surface area (Å²) >= 11 is 0. The highest BCUT2D eigenvalue weighted by Crippen LogP contribution is 2.33. The van der Waals surface area contributed by atoms with Crippen molar-refractivity contribution >= 4 is 11.2 Å². The largest absolute Gasteiger partial charge is 0.490 e. The molecule has 1 aliphatic rings. The van der Waals surface area contributed by atoms with E-state index in [-0.39, 0.29) is 6.10 Å². The molecule has 1 N–H and O–H groups in total. The van der Waals surface area contributed by atoms with Gasteiger partial charge in [-0.15, -0.1) is 0 Å². The summed E-state index contributed by atoms with van der Waals surface area (Å²) in [5, 5.41) is 0. The van der Waals surface area contributed by atoms with Crippen molar-refractivity contribution in [1.29, 1.82) is 0 Å². The van der Waals surface area contributed by atoms with E-state index >= 15 is 0 Å². The molecule has 0 saturated carbocycles. The first kappa shape index (κ1) is 18.6. The molecule has 2 aromatic heterocycles. The van der Waals surface area contributed by atoms with Crippen LogP contribution in [0, 0.1) is 0 Å². The van der Waals surface area contributed by atoms with Crippen LogP contribution in [0.15, 0.2) is 66.9 Å². The van der Waals surface area contributed by atoms with Crippen molar-refractivity contribution in [3.8, 4) is 22.9 Å². The number of nitrogens with one attached hydrogen (secondary N) is 1. The molecule has 4 aromatic rings. The smallest absolute Gasteiger partial charge is 0.157 e. The van der Waals surface area contributed by atoms with Crippen molar-refractivity contribution in [2.75, 3.05) is 13.2 Å². The molecule has 0 aliphatic carbocycles. The molecule has 1 aliphatic heterocycles. The molecule has 0 spiro atoms. The lowest BCUT2D eigenvalue weighted by Gasteiger charge is -2.15. The van der Waals surface area contributed by atoms with Gasteiger partial charge in [0.15, 0.2) is 5.65 Å². The maximum atomic E-state index is 6.13. The molecule has 0 amide bonds. The van der Waals surface area contributed by atoms with Crippen LogP contribution in [-0.2, 0) is 11.3 Å². The van der Waals surface area contributed by atoms with Gasteiger partial charge in [0.25, 0.3) is 0 Å². The third-order valence-electron chi connectivity index (χ3n) is 5.16. The third kappa shape index (κ3) is 4.14. The summed E-state index contributed by atoms with van der Waals surface area (Å²) < 4.78 is 17.8. The fourth-order valence-corrected chi connectivity index (χ4v) is 3.58. The average molecular weight is 401 g/mol. The van der Waals surface area contributed by atoms with Crippen LogP contribution in [0.4, 0.5) is 0 Å². The van der Waals surface area contributed by atoms with E-state index in [9.17, 15) is 0 Å². The zero-order valence-electron chi connectivity index (χ0n) is 16.6. The Morgan fingerprint density at radius 3 is 2.80 bits per heavy atom. The van der Waals surface area contributed by atoms with Gasteiger partial charge >= 0.3 is 0 Å². The molecule has 1 saturated heterocycles. The fraction of sp³-hybridized carbons (Fsp3) is 0.250. The number of aromatic amines is 1. The van der Waals surface area contributed by atoms with Gasteiger partial charge in [0.05, 0.1) is 11.7 Å². The molecule has 0 bridgehead atoms. The molecule has 6 heteroatoms. The second-order valence-electron chi connectivity index (χ2n) is 7.33. The van der Waals surface area contributed by atoms with Crippen LogP contribution in [0.2, 0.25) is 0 Å². The Morgan fingerprint density at radius 2 is 1.97 bits per heavy atom. The lowest BCUT2D eigenvalue weighted by atomic mass is 10.1. The Hall–Kier alpha value is -3.38. The standard InChI is InChI=1S/C24H23N3O3/c1-2-6-17(7-3-1)15-29-18-10-11-22(30-16-19-8-5-13-28-19)20(14-18)23-26-21-9-4-12-25-24(21)27-23/h1-4,6-7,9-12,14,19H,5,8,13,15-16H2,(H,25,26,27). The second kappa shape index (κ2) is 8.55. The summed E-state index contributed by atoms with van der Waals surface area (Å²) in [5.41, 5.74) is 3.52. The Kier molecular flexibility index (Phi) is 5.31. The molecule has 1 atom stereocenters. The highest BCUT2D eigenvalue weighted by Gasteiger charge is 2.19. The molecular weight excluding hydrogens is 378 g/mol. The molecule has 1 unspecified atom stereocenters. The van der Waals surface area contributed by atoms with Gasteiger partial charge in [0.2, 0.25) is 0 Å². The first-order valence-corrected chi connectivity index (χ1v) is 10.2. The Balaban J connectivity index is 1.43. The highest BCUT2D eigenvalue weighted by molar-refractivity contribution is 5.78. The van der Waals surface area contributed by atoms with Gasteiger partial charge in [0.1, 0.15) is 36.1 Å². The Morgan fingerprint density at radius 1 is 1.03 bits per heavy atom. The number of ether oxygens (including phenoxy) is 3. The van der Waals surface area contributed by atoms with Gasteiger partial charge in [-0.05, 0) is 48.7 Å². The lowest BCUT2D eigenvalue weighted by Crippen LogP contribution is -2.16. The van der Waals surface area contributed by atoms with Crippen LogP contribution < -0.4 is 9.47 Å². The zero-order valence-corrected chi connectivity index (χ0v) is 16.6. The van der Waals surface area contributed by atoms with Crippen molar-refractivity contribution in [2.24, 2.45) is 0 Å². The number of benzene rings is 2. The molecule has 2 aromatic carbocycles. The molecule has 3 heterocycles. The molecule has 5 rings (SSSR count). The molecular formula is C24H23N3O3. The number of pyridine rings is 1. The summed E-state index contributed by atoms with van der Waals surface area (Å²) in [6, 6.07) is 19.7. The van der Waals surface area contributed by atoms with Crippen molar-refractivity contribution < 1.29 is 14.2 Å². The number of hydrogen-bond donors (Lipinski definition) is 1. The van der Waals surface area contributed by atoms with E-state index in [4.69, 9.17) is 19.2 Å². The summed E-state index contributed by atoms with van der Waals surface area (Å²) in [7, 11) is 0. The number of fused-ring (bicyclic) bond motifs is 1. The summed E-state index contributed by atoms with van der Waals surface area (Å²) in [6.45, 7) is 1.83. The van der Waals surface area contributed by atoms with E-state index in [1.54, 1.807) is 6.20 Å². The SMILES string of the molecule is c1ccc(COc2ccc(OCC3CCCO3)c(-c3nc4cccnc4[nH]3)c2)cc1. The number of rotatable bonds is 7. The van der Waals surface area contributed by atoms with Crippen molar-refractivity contribution in [3.05, 3.63) is 72.4 Å². The maximum absolute atomic E-state index is 6.13. The van der Waals surface area contributed by atoms with Crippen molar-refractivity contribution in [1.82, 2.24) is 15.0 Å². The van der Waals surface area contributed by atoms with Gasteiger partial charge < -0.3 is 19.2 Å². The van der Waals surface area contributed by atoms with Gasteiger partial charge in [-0.2, -0.15) is 0 Å². The van der Waals surface area contributed by atoms with E-state index in [1.165, 1.54) is 0 Å². The number of hydrogen-bond acceptors (Lipinski definition) is 5. The number of imidazole rings is 1. The topological polar surface area (TPSA) is 69.3 Å². The number of H-pyrrole nitrogens is 1. The Bertz CT molecular complexity index is 1090. The minimum Gasteiger partial charge on any atom is -0.490 e. The zero-order chi connectivity index (χ0) is 20.2. The summed E-state index contributed by atoms with van der Waals surface area (Å²) in [4.78, 5) is 12.3. The van der Waals surface area contributed by atoms with Gasteiger partial charge in [-0.3, -0.25) is 0 Å². The van der Waals surface area contributed by atoms with E-state index < -0.39 is 0 Å². The van der Waals surface area contributed by atoms with Crippen LogP contribution in [0.25, 0.3) is 22.6 Å². The van der Waals surface area contributed by atoms with Crippen LogP contribution in [0.3, 0.4) is 0 Å². The highest BCUT2D eigenvalue weighted by atomic mass is 16.5. The first-order chi connectivity index (χ1) is 14.8. The maximum Gasteiger partial charge on any atom is 0.157 e. The van der Waals surface area contributed by atoms with Crippen LogP contribution in [0.1, 0.15) is 18.4 Å². The minimum absolute atomic E-state index is 0.143. The normalized spacial score (nSPS) is 16.1. The molecule has 6 nitrogen and oxygen atoms in total. The van der Waals surface area contributed by atoms with Crippen LogP contribution in [-0.4, -0.2) is 34.3 Å². The predicted molar refractivity (Wildman–Crippen MR) is 115 cm³/mol. The monoisotopic (exact) mass is 401 g/mol. The van der Waals surface area contributed by atoms with Gasteiger partial charge in [-0.1, -0.05) is 30.3 Å². The second-order valence-corrected chi connectivity index (χ2v) is 7.33. The Labute approximate surface area is 174 Å². The summed E-state index contributed by atoms with van der Waals surface area (Å²) in [6.07, 6.45) is 4.01. The molecule has 0 radical (unpaired) electrons. The molecule has 152 valence electrons. The van der Waals surface area contributed by atoms with Crippen molar-refractivity contribution in [2.45, 2.75) is 25.6 Å². The van der Waals surface area contributed by atoms with Crippen LogP contribution >= 0.6 is 0 Å². The van der Waals surface area contributed by atoms with E-state index in [1.807, 2.05) is 60.7 Å². The van der Waals surface area contributed by atoms with E-state index in [0.29, 0.717) is 19.0 Å². The summed E-state index contributed by atoms with van der Waals surface area (Å²) in [5.74, 6) is 2.21. The first-order valence-electron chi connectivity index (χ1n) is 10.2.